The lowest BCUT2D eigenvalue weighted by Crippen LogP contribution is -2.09. The van der Waals surface area contributed by atoms with E-state index in [2.05, 4.69) is 9.97 Å². The van der Waals surface area contributed by atoms with Crippen molar-refractivity contribution in [1.29, 1.82) is 0 Å². The summed E-state index contributed by atoms with van der Waals surface area (Å²) in [6.45, 7) is 0. The molecular weight excluding hydrogens is 255 g/mol. The van der Waals surface area contributed by atoms with E-state index in [0.29, 0.717) is 16.6 Å². The Morgan fingerprint density at radius 2 is 2.11 bits per heavy atom. The molecule has 2 aromatic rings. The largest absolute Gasteiger partial charge is 0.398 e. The topological polar surface area (TPSA) is 97.8 Å². The van der Waals surface area contributed by atoms with Crippen LogP contribution in [0.15, 0.2) is 34.2 Å². The first-order valence-electron chi connectivity index (χ1n) is 5.08. The molecule has 0 atom stereocenters. The molecule has 94 valence electrons. The van der Waals surface area contributed by atoms with Crippen molar-refractivity contribution in [2.24, 2.45) is 0 Å². The van der Waals surface area contributed by atoms with Gasteiger partial charge in [-0.2, -0.15) is 0 Å². The van der Waals surface area contributed by atoms with Gasteiger partial charge in [0, 0.05) is 17.5 Å². The van der Waals surface area contributed by atoms with Crippen LogP contribution in [0.5, 0.6) is 0 Å². The number of nitrogens with zero attached hydrogens (tertiary/aromatic N) is 1. The van der Waals surface area contributed by atoms with Gasteiger partial charge in [-0.1, -0.05) is 17.8 Å². The number of nitrogen functional groups attached to an aromatic ring is 2. The smallest absolute Gasteiger partial charge is 0.253 e. The van der Waals surface area contributed by atoms with Crippen molar-refractivity contribution in [3.05, 3.63) is 46.0 Å². The maximum absolute atomic E-state index is 12.9. The normalized spacial score (nSPS) is 10.5. The minimum absolute atomic E-state index is 0.160. The minimum Gasteiger partial charge on any atom is -0.398 e. The molecule has 5 N–H and O–H groups in total. The lowest BCUT2D eigenvalue weighted by atomic mass is 10.2. The molecule has 0 amide bonds. The summed E-state index contributed by atoms with van der Waals surface area (Å²) in [6.07, 6.45) is 0. The number of rotatable bonds is 3. The zero-order chi connectivity index (χ0) is 13.1. The third kappa shape index (κ3) is 3.01. The number of anilines is 2. The molecule has 0 aliphatic carbocycles. The van der Waals surface area contributed by atoms with Crippen molar-refractivity contribution in [2.75, 3.05) is 11.5 Å². The fraction of sp³-hybridized carbons (Fsp3) is 0.0909. The highest BCUT2D eigenvalue weighted by atomic mass is 32.2. The molecule has 2 rings (SSSR count). The first kappa shape index (κ1) is 12.4. The highest BCUT2D eigenvalue weighted by Crippen LogP contribution is 2.23. The van der Waals surface area contributed by atoms with Crippen molar-refractivity contribution < 1.29 is 4.39 Å². The predicted octanol–water partition coefficient (Wildman–Crippen LogP) is 1.37. The highest BCUT2D eigenvalue weighted by Gasteiger charge is 2.04. The quantitative estimate of drug-likeness (QED) is 0.443. The van der Waals surface area contributed by atoms with Gasteiger partial charge in [-0.25, -0.2) is 9.37 Å². The Morgan fingerprint density at radius 3 is 2.78 bits per heavy atom. The number of hydrogen-bond acceptors (Lipinski definition) is 5. The van der Waals surface area contributed by atoms with Crippen LogP contribution in [0.4, 0.5) is 15.9 Å². The van der Waals surface area contributed by atoms with Crippen LogP contribution in [0.1, 0.15) is 5.56 Å². The number of benzene rings is 1. The van der Waals surface area contributed by atoms with Crippen LogP contribution in [0.2, 0.25) is 0 Å². The van der Waals surface area contributed by atoms with Crippen LogP contribution in [0.3, 0.4) is 0 Å². The van der Waals surface area contributed by atoms with Gasteiger partial charge >= 0.3 is 0 Å². The van der Waals surface area contributed by atoms with Gasteiger partial charge < -0.3 is 16.5 Å². The molecule has 0 bridgehead atoms. The Bertz CT molecular complexity index is 629. The van der Waals surface area contributed by atoms with E-state index in [0.717, 1.165) is 5.56 Å². The maximum Gasteiger partial charge on any atom is 0.253 e. The number of aromatic nitrogens is 2. The SMILES string of the molecule is Nc1cc(=O)[nH]c(SCc2ccc(F)cc2N)n1. The van der Waals surface area contributed by atoms with Crippen molar-refractivity contribution in [2.45, 2.75) is 10.9 Å². The lowest BCUT2D eigenvalue weighted by molar-refractivity contribution is 0.628. The van der Waals surface area contributed by atoms with Crippen LogP contribution >= 0.6 is 11.8 Å². The molecule has 7 heteroatoms. The summed E-state index contributed by atoms with van der Waals surface area (Å²) in [6, 6.07) is 5.39. The minimum atomic E-state index is -0.378. The third-order valence-electron chi connectivity index (χ3n) is 2.21. The van der Waals surface area contributed by atoms with Crippen LogP contribution < -0.4 is 17.0 Å². The monoisotopic (exact) mass is 266 g/mol. The zero-order valence-electron chi connectivity index (χ0n) is 9.31. The number of thioether (sulfide) groups is 1. The van der Waals surface area contributed by atoms with E-state index in [1.165, 1.54) is 30.0 Å². The number of nitrogens with two attached hydrogens (primary N) is 2. The molecule has 0 radical (unpaired) electrons. The maximum atomic E-state index is 12.9. The standard InChI is InChI=1S/C11H11FN4OS/c12-7-2-1-6(8(13)3-7)5-18-11-15-9(14)4-10(17)16-11/h1-4H,5,13H2,(H3,14,15,16,17). The summed E-state index contributed by atoms with van der Waals surface area (Å²) in [5.41, 5.74) is 12.0. The van der Waals surface area contributed by atoms with Gasteiger partial charge in [-0.05, 0) is 17.7 Å². The number of nitrogens with one attached hydrogen (secondary N) is 1. The van der Waals surface area contributed by atoms with Gasteiger partial charge in [0.2, 0.25) is 0 Å². The zero-order valence-corrected chi connectivity index (χ0v) is 10.1. The van der Waals surface area contributed by atoms with Crippen LogP contribution in [0.25, 0.3) is 0 Å². The molecule has 1 aromatic heterocycles. The number of halogens is 1. The van der Waals surface area contributed by atoms with Crippen molar-refractivity contribution >= 4 is 23.3 Å². The summed E-state index contributed by atoms with van der Waals surface area (Å²) < 4.78 is 12.9. The molecule has 0 unspecified atom stereocenters. The van der Waals surface area contributed by atoms with Gasteiger partial charge in [-0.3, -0.25) is 4.79 Å². The molecule has 0 aliphatic rings. The van der Waals surface area contributed by atoms with E-state index >= 15 is 0 Å². The van der Waals surface area contributed by atoms with Gasteiger partial charge in [-0.15, -0.1) is 0 Å². The molecule has 0 spiro atoms. The van der Waals surface area contributed by atoms with Gasteiger partial charge in [0.1, 0.15) is 11.6 Å². The van der Waals surface area contributed by atoms with Crippen molar-refractivity contribution in [3.8, 4) is 0 Å². The van der Waals surface area contributed by atoms with Gasteiger partial charge in [0.25, 0.3) is 5.56 Å². The average molecular weight is 266 g/mol. The van der Waals surface area contributed by atoms with E-state index in [9.17, 15) is 9.18 Å². The number of H-pyrrole nitrogens is 1. The van der Waals surface area contributed by atoms with E-state index in [1.807, 2.05) is 0 Å². The Hall–Kier alpha value is -2.02. The molecule has 0 saturated heterocycles. The summed E-state index contributed by atoms with van der Waals surface area (Å²) >= 11 is 1.27. The first-order chi connectivity index (χ1) is 8.54. The Kier molecular flexibility index (Phi) is 3.52. The molecule has 0 aliphatic heterocycles. The van der Waals surface area contributed by atoms with Crippen LogP contribution in [-0.4, -0.2) is 9.97 Å². The Balaban J connectivity index is 2.13. The third-order valence-corrected chi connectivity index (χ3v) is 3.13. The summed E-state index contributed by atoms with van der Waals surface area (Å²) in [4.78, 5) is 17.7. The fourth-order valence-electron chi connectivity index (χ4n) is 1.36. The fourth-order valence-corrected chi connectivity index (χ4v) is 2.26. The summed E-state index contributed by atoms with van der Waals surface area (Å²) in [5.74, 6) is 0.253. The van der Waals surface area contributed by atoms with Gasteiger partial charge in [0.15, 0.2) is 5.16 Å². The van der Waals surface area contributed by atoms with Crippen LogP contribution in [-0.2, 0) is 5.75 Å². The predicted molar refractivity (Wildman–Crippen MR) is 69.6 cm³/mol. The van der Waals surface area contributed by atoms with E-state index < -0.39 is 0 Å². The van der Waals surface area contributed by atoms with E-state index in [1.54, 1.807) is 6.07 Å². The molecule has 5 nitrogen and oxygen atoms in total. The summed E-state index contributed by atoms with van der Waals surface area (Å²) in [7, 11) is 0. The second-order valence-electron chi connectivity index (χ2n) is 3.61. The van der Waals surface area contributed by atoms with E-state index in [-0.39, 0.29) is 17.2 Å². The molecule has 0 saturated carbocycles. The first-order valence-corrected chi connectivity index (χ1v) is 6.07. The Labute approximate surface area is 106 Å². The second kappa shape index (κ2) is 5.09. The molecule has 1 aromatic carbocycles. The molecule has 0 fully saturated rings. The lowest BCUT2D eigenvalue weighted by Gasteiger charge is -2.05. The Morgan fingerprint density at radius 1 is 1.33 bits per heavy atom. The van der Waals surface area contributed by atoms with Crippen molar-refractivity contribution in [1.82, 2.24) is 9.97 Å². The molecule has 1 heterocycles. The molecule has 18 heavy (non-hydrogen) atoms. The second-order valence-corrected chi connectivity index (χ2v) is 4.57. The van der Waals surface area contributed by atoms with Crippen LogP contribution in [0, 0.1) is 5.82 Å². The number of hydrogen-bond donors (Lipinski definition) is 3. The van der Waals surface area contributed by atoms with Crippen molar-refractivity contribution in [3.63, 3.8) is 0 Å². The van der Waals surface area contributed by atoms with Gasteiger partial charge in [0.05, 0.1) is 0 Å². The molecular formula is C11H11FN4OS. The number of aromatic amines is 1. The average Bonchev–Trinajstić information content (AvgIpc) is 2.26. The van der Waals surface area contributed by atoms with E-state index in [4.69, 9.17) is 11.5 Å². The highest BCUT2D eigenvalue weighted by molar-refractivity contribution is 7.98. The summed E-state index contributed by atoms with van der Waals surface area (Å²) in [5, 5.41) is 0.406.